The van der Waals surface area contributed by atoms with Crippen LogP contribution in [0.2, 0.25) is 0 Å². The average molecular weight is 579 g/mol. The van der Waals surface area contributed by atoms with Crippen LogP contribution in [0.5, 0.6) is 11.5 Å². The van der Waals surface area contributed by atoms with Crippen molar-refractivity contribution in [2.24, 2.45) is 10.9 Å². The van der Waals surface area contributed by atoms with E-state index in [9.17, 15) is 21.6 Å². The first-order valence-electron chi connectivity index (χ1n) is 9.65. The quantitative estimate of drug-likeness (QED) is 0.194. The number of primary sulfonamides is 1. The van der Waals surface area contributed by atoms with Gasteiger partial charge >= 0.3 is 0 Å². The number of benzene rings is 2. The summed E-state index contributed by atoms with van der Waals surface area (Å²) in [5.74, 6) is -1.81. The summed E-state index contributed by atoms with van der Waals surface area (Å²) in [5, 5.41) is 14.6. The maximum atomic E-state index is 12.3. The molecule has 2 aromatic carbocycles. The third kappa shape index (κ3) is 7.93. The van der Waals surface area contributed by atoms with Crippen molar-refractivity contribution in [1.29, 1.82) is 5.41 Å². The molecular weight excluding hydrogens is 555 g/mol. The number of nitrogens with zero attached hydrogens (tertiary/aromatic N) is 1. The smallest absolute Gasteiger partial charge is 0.257 e. The first-order chi connectivity index (χ1) is 15.8. The highest BCUT2D eigenvalue weighted by Gasteiger charge is 2.22. The number of carbonyl (C=O) groups is 1. The van der Waals surface area contributed by atoms with E-state index in [-0.39, 0.29) is 51.7 Å². The first-order valence-corrected chi connectivity index (χ1v) is 13.1. The molecule has 0 unspecified atom stereocenters. The van der Waals surface area contributed by atoms with Crippen LogP contribution in [0.15, 0.2) is 58.7 Å². The monoisotopic (exact) mass is 578 g/mol. The number of aromatic nitrogens is 2. The number of carbonyl (C=O) groups excluding carboxylic acids is 1. The third-order valence-corrected chi connectivity index (χ3v) is 6.66. The topological polar surface area (TPSA) is 211 Å². The van der Waals surface area contributed by atoms with E-state index < -0.39 is 31.7 Å². The number of aryl methyl sites for hydroxylation is 2. The second-order valence-corrected chi connectivity index (χ2v) is 10.8. The van der Waals surface area contributed by atoms with Gasteiger partial charge in [-0.3, -0.25) is 15.5 Å². The molecule has 0 atom stereocenters. The Labute approximate surface area is 220 Å². The molecule has 0 bridgehead atoms. The molecule has 1 aromatic heterocycles. The highest BCUT2D eigenvalue weighted by Crippen LogP contribution is 2.34. The summed E-state index contributed by atoms with van der Waals surface area (Å²) in [7, 11) is -8.14. The number of H-pyrrole nitrogens is 1. The summed E-state index contributed by atoms with van der Waals surface area (Å²) in [6.07, 6.45) is 5.19. The van der Waals surface area contributed by atoms with Crippen LogP contribution in [0.1, 0.15) is 21.6 Å². The Kier molecular flexibility index (Phi) is 10.4. The van der Waals surface area contributed by atoms with Crippen molar-refractivity contribution >= 4 is 56.5 Å². The van der Waals surface area contributed by atoms with Gasteiger partial charge in [0.1, 0.15) is 21.3 Å². The number of hydrogen-bond donors (Lipinski definition) is 5. The van der Waals surface area contributed by atoms with Crippen molar-refractivity contribution in [3.05, 3.63) is 65.7 Å². The van der Waals surface area contributed by atoms with E-state index in [2.05, 4.69) is 9.97 Å². The van der Waals surface area contributed by atoms with Gasteiger partial charge in [0.2, 0.25) is 10.0 Å². The largest absolute Gasteiger partial charge is 0.455 e. The number of nitrogens with one attached hydrogen (secondary N) is 3. The molecule has 0 saturated heterocycles. The molecule has 0 fully saturated rings. The minimum atomic E-state index is -4.23. The fourth-order valence-corrected chi connectivity index (χ4v) is 4.57. The summed E-state index contributed by atoms with van der Waals surface area (Å²) in [6, 6.07) is 7.85. The van der Waals surface area contributed by atoms with Crippen molar-refractivity contribution < 1.29 is 26.4 Å². The van der Waals surface area contributed by atoms with Crippen LogP contribution >= 0.6 is 24.8 Å². The summed E-state index contributed by atoms with van der Waals surface area (Å²) in [6.45, 7) is 0. The molecule has 3 rings (SSSR count). The standard InChI is InChI=1S/C20H22N6O6S2.2ClH/c1-33(28,29)17-9-13(19(27)26-20(21)22)4-7-15(17)32-16-6-3-12(8-18(16)34(23,30)31)2-5-14-10-24-11-25-14;;/h3-4,6-11H,2,5H2,1H3,(H,24,25)(H2,23,30,31)(H4,21,22,26,27);2*1H. The molecule has 16 heteroatoms. The van der Waals surface area contributed by atoms with Gasteiger partial charge in [-0.1, -0.05) is 6.07 Å². The number of sulfone groups is 1. The van der Waals surface area contributed by atoms with Gasteiger partial charge in [-0.25, -0.2) is 27.0 Å². The van der Waals surface area contributed by atoms with Gasteiger partial charge in [0, 0.05) is 18.0 Å². The van der Waals surface area contributed by atoms with Crippen LogP contribution in [0.4, 0.5) is 0 Å². The Morgan fingerprint density at radius 3 is 2.25 bits per heavy atom. The van der Waals surface area contributed by atoms with Crippen LogP contribution in [0.3, 0.4) is 0 Å². The molecule has 0 spiro atoms. The lowest BCUT2D eigenvalue weighted by Gasteiger charge is -2.15. The predicted octanol–water partition coefficient (Wildman–Crippen LogP) is 1.50. The van der Waals surface area contributed by atoms with E-state index in [4.69, 9.17) is 21.0 Å². The summed E-state index contributed by atoms with van der Waals surface area (Å²) in [5.41, 5.74) is 6.49. The molecular formula is C20H24Cl2N6O6S2. The van der Waals surface area contributed by atoms with Crippen molar-refractivity contribution in [3.8, 4) is 11.5 Å². The van der Waals surface area contributed by atoms with Crippen LogP contribution in [0, 0.1) is 5.41 Å². The molecule has 7 N–H and O–H groups in total. The first kappa shape index (κ1) is 30.9. The molecule has 36 heavy (non-hydrogen) atoms. The maximum absolute atomic E-state index is 12.3. The van der Waals surface area contributed by atoms with Gasteiger partial charge in [-0.05, 0) is 48.7 Å². The number of halogens is 2. The van der Waals surface area contributed by atoms with E-state index in [1.807, 2.05) is 5.32 Å². The van der Waals surface area contributed by atoms with Gasteiger partial charge in [-0.2, -0.15) is 0 Å². The molecule has 12 nitrogen and oxygen atoms in total. The number of amides is 1. The maximum Gasteiger partial charge on any atom is 0.257 e. The Balaban J connectivity index is 0.00000324. The van der Waals surface area contributed by atoms with E-state index >= 15 is 0 Å². The molecule has 3 aromatic rings. The highest BCUT2D eigenvalue weighted by atomic mass is 35.5. The summed E-state index contributed by atoms with van der Waals surface area (Å²) in [4.78, 5) is 18.4. The lowest BCUT2D eigenvalue weighted by Crippen LogP contribution is -2.35. The minimum absolute atomic E-state index is 0. The van der Waals surface area contributed by atoms with Crippen molar-refractivity contribution in [2.45, 2.75) is 22.6 Å². The summed E-state index contributed by atoms with van der Waals surface area (Å²) < 4.78 is 54.8. The molecule has 0 aliphatic heterocycles. The Bertz CT molecular complexity index is 1460. The van der Waals surface area contributed by atoms with Crippen LogP contribution in [-0.4, -0.2) is 44.9 Å². The van der Waals surface area contributed by atoms with Gasteiger partial charge in [0.05, 0.1) is 12.0 Å². The molecule has 1 amide bonds. The lowest BCUT2D eigenvalue weighted by atomic mass is 10.1. The van der Waals surface area contributed by atoms with Crippen molar-refractivity contribution in [3.63, 3.8) is 0 Å². The zero-order valence-electron chi connectivity index (χ0n) is 18.7. The number of sulfonamides is 1. The molecule has 0 aliphatic carbocycles. The van der Waals surface area contributed by atoms with E-state index in [1.54, 1.807) is 12.3 Å². The Hall–Kier alpha value is -3.17. The highest BCUT2D eigenvalue weighted by molar-refractivity contribution is 7.90. The number of hydrogen-bond acceptors (Lipinski definition) is 8. The van der Waals surface area contributed by atoms with Gasteiger partial charge in [-0.15, -0.1) is 24.8 Å². The second kappa shape index (κ2) is 12.2. The normalized spacial score (nSPS) is 11.1. The number of imidazole rings is 1. The van der Waals surface area contributed by atoms with E-state index in [0.29, 0.717) is 18.4 Å². The SMILES string of the molecule is CS(=O)(=O)c1cc(C(=O)NC(=N)N)ccc1Oc1ccc(CCc2c[nH]cn2)cc1S(N)(=O)=O.Cl.Cl. The summed E-state index contributed by atoms with van der Waals surface area (Å²) >= 11 is 0. The average Bonchev–Trinajstić information content (AvgIpc) is 3.25. The van der Waals surface area contributed by atoms with Gasteiger partial charge < -0.3 is 15.5 Å². The van der Waals surface area contributed by atoms with Crippen molar-refractivity contribution in [1.82, 2.24) is 15.3 Å². The van der Waals surface area contributed by atoms with Crippen LogP contribution in [0.25, 0.3) is 0 Å². The van der Waals surface area contributed by atoms with Gasteiger partial charge in [0.25, 0.3) is 5.91 Å². The number of aromatic amines is 1. The second-order valence-electron chi connectivity index (χ2n) is 7.29. The Morgan fingerprint density at radius 1 is 1.06 bits per heavy atom. The molecule has 0 aliphatic rings. The fourth-order valence-electron chi connectivity index (χ4n) is 3.05. The van der Waals surface area contributed by atoms with Gasteiger partial charge in [0.15, 0.2) is 15.8 Å². The number of guanidine groups is 1. The predicted molar refractivity (Wildman–Crippen MR) is 137 cm³/mol. The lowest BCUT2D eigenvalue weighted by molar-refractivity contribution is 0.0976. The van der Waals surface area contributed by atoms with E-state index in [1.165, 1.54) is 30.6 Å². The molecule has 1 heterocycles. The van der Waals surface area contributed by atoms with Crippen molar-refractivity contribution in [2.75, 3.05) is 6.26 Å². The number of rotatable bonds is 8. The van der Waals surface area contributed by atoms with Crippen LogP contribution < -0.4 is 20.9 Å². The van der Waals surface area contributed by atoms with Crippen LogP contribution in [-0.2, 0) is 32.7 Å². The Morgan fingerprint density at radius 2 is 1.69 bits per heavy atom. The number of ether oxygens (including phenoxy) is 1. The molecule has 196 valence electrons. The van der Waals surface area contributed by atoms with E-state index in [0.717, 1.165) is 18.0 Å². The molecule has 0 saturated carbocycles. The number of nitrogens with two attached hydrogens (primary N) is 2. The molecule has 0 radical (unpaired) electrons. The zero-order valence-corrected chi connectivity index (χ0v) is 22.0. The zero-order chi connectivity index (χ0) is 25.1. The fraction of sp³-hybridized carbons (Fsp3) is 0.150. The third-order valence-electron chi connectivity index (χ3n) is 4.61. The minimum Gasteiger partial charge on any atom is -0.455 e.